The molecule has 2 heterocycles. The Bertz CT molecular complexity index is 396. The fraction of sp³-hybridized carbons (Fsp3) is 0.500. The molecule has 0 spiro atoms. The van der Waals surface area contributed by atoms with Crippen molar-refractivity contribution in [1.82, 2.24) is 4.98 Å². The maximum absolute atomic E-state index is 13.5. The first-order valence-corrected chi connectivity index (χ1v) is 6.53. The smallest absolute Gasteiger partial charge is 0.178 e. The topological polar surface area (TPSA) is 63.0 Å². The van der Waals surface area contributed by atoms with Crippen molar-refractivity contribution in [2.45, 2.75) is 18.9 Å². The van der Waals surface area contributed by atoms with Crippen molar-refractivity contribution in [3.63, 3.8) is 0 Å². The number of thioether (sulfide) groups is 1. The molecular formula is C10H14F2N4S. The van der Waals surface area contributed by atoms with Gasteiger partial charge >= 0.3 is 0 Å². The summed E-state index contributed by atoms with van der Waals surface area (Å²) in [5.74, 6) is 5.53. The highest BCUT2D eigenvalue weighted by Gasteiger charge is 2.17. The van der Waals surface area contributed by atoms with Gasteiger partial charge in [0.2, 0.25) is 0 Å². The molecule has 1 saturated heterocycles. The van der Waals surface area contributed by atoms with Crippen molar-refractivity contribution < 1.29 is 8.78 Å². The number of halogens is 2. The molecule has 1 fully saturated rings. The Kier molecular flexibility index (Phi) is 4.01. The number of nitrogens with zero attached hydrogens (tertiary/aromatic N) is 1. The van der Waals surface area contributed by atoms with Gasteiger partial charge in [-0.2, -0.15) is 11.8 Å². The first kappa shape index (κ1) is 12.4. The molecule has 4 N–H and O–H groups in total. The second-order valence-corrected chi connectivity index (χ2v) is 5.00. The number of anilines is 2. The number of aromatic nitrogens is 1. The molecule has 7 heteroatoms. The van der Waals surface area contributed by atoms with E-state index in [9.17, 15) is 8.78 Å². The first-order chi connectivity index (χ1) is 8.20. The van der Waals surface area contributed by atoms with Gasteiger partial charge in [0.1, 0.15) is 0 Å². The molecule has 1 unspecified atom stereocenters. The van der Waals surface area contributed by atoms with Crippen LogP contribution in [0.25, 0.3) is 0 Å². The zero-order valence-electron chi connectivity index (χ0n) is 9.17. The molecule has 1 aromatic rings. The van der Waals surface area contributed by atoms with Crippen LogP contribution in [-0.4, -0.2) is 22.5 Å². The number of nitrogens with two attached hydrogens (primary N) is 1. The lowest BCUT2D eigenvalue weighted by Crippen LogP contribution is -2.27. The molecule has 0 radical (unpaired) electrons. The average Bonchev–Trinajstić information content (AvgIpc) is 2.34. The van der Waals surface area contributed by atoms with Crippen LogP contribution in [0.4, 0.5) is 20.4 Å². The normalized spacial score (nSPS) is 20.1. The zero-order chi connectivity index (χ0) is 12.3. The van der Waals surface area contributed by atoms with Gasteiger partial charge in [0.05, 0.1) is 0 Å². The Morgan fingerprint density at radius 1 is 1.35 bits per heavy atom. The molecule has 1 aromatic heterocycles. The summed E-state index contributed by atoms with van der Waals surface area (Å²) < 4.78 is 26.6. The number of pyridine rings is 1. The van der Waals surface area contributed by atoms with Gasteiger partial charge < -0.3 is 10.7 Å². The summed E-state index contributed by atoms with van der Waals surface area (Å²) in [5, 5.41) is 2.98. The molecule has 1 aliphatic rings. The van der Waals surface area contributed by atoms with Crippen molar-refractivity contribution >= 4 is 23.4 Å². The highest BCUT2D eigenvalue weighted by atomic mass is 32.2. The van der Waals surface area contributed by atoms with Crippen molar-refractivity contribution in [3.8, 4) is 0 Å². The van der Waals surface area contributed by atoms with E-state index in [1.807, 2.05) is 11.8 Å². The van der Waals surface area contributed by atoms with Gasteiger partial charge in [-0.15, -0.1) is 0 Å². The van der Waals surface area contributed by atoms with Gasteiger partial charge in [0.15, 0.2) is 23.3 Å². The summed E-state index contributed by atoms with van der Waals surface area (Å²) >= 11 is 1.81. The standard InChI is InChI=1S/C10H14F2N4S/c11-7-4-8(12)10(16-13)15-9(7)14-6-2-1-3-17-5-6/h4,6H,1-3,5,13H2,(H2,14,15,16). The predicted octanol–water partition coefficient (Wildman–Crippen LogP) is 1.95. The molecule has 1 aliphatic heterocycles. The fourth-order valence-electron chi connectivity index (χ4n) is 1.72. The molecule has 17 heavy (non-hydrogen) atoms. The largest absolute Gasteiger partial charge is 0.364 e. The van der Waals surface area contributed by atoms with E-state index in [-0.39, 0.29) is 17.7 Å². The highest BCUT2D eigenvalue weighted by molar-refractivity contribution is 7.99. The lowest BCUT2D eigenvalue weighted by molar-refractivity contribution is 0.573. The molecule has 0 aliphatic carbocycles. The van der Waals surface area contributed by atoms with Gasteiger partial charge in [-0.1, -0.05) is 0 Å². The molecule has 1 atom stereocenters. The van der Waals surface area contributed by atoms with E-state index in [1.165, 1.54) is 0 Å². The lowest BCUT2D eigenvalue weighted by atomic mass is 10.2. The minimum absolute atomic E-state index is 0.0480. The summed E-state index contributed by atoms with van der Waals surface area (Å²) in [4.78, 5) is 3.78. The fourth-order valence-corrected chi connectivity index (χ4v) is 2.79. The van der Waals surface area contributed by atoms with Crippen molar-refractivity contribution in [3.05, 3.63) is 17.7 Å². The highest BCUT2D eigenvalue weighted by Crippen LogP contribution is 2.23. The van der Waals surface area contributed by atoms with Crippen molar-refractivity contribution in [2.24, 2.45) is 5.84 Å². The second kappa shape index (κ2) is 5.50. The van der Waals surface area contributed by atoms with Crippen LogP contribution in [0.2, 0.25) is 0 Å². The molecule has 0 bridgehead atoms. The van der Waals surface area contributed by atoms with E-state index >= 15 is 0 Å². The van der Waals surface area contributed by atoms with Crippen LogP contribution < -0.4 is 16.6 Å². The first-order valence-electron chi connectivity index (χ1n) is 5.37. The lowest BCUT2D eigenvalue weighted by Gasteiger charge is -2.23. The van der Waals surface area contributed by atoms with Crippen LogP contribution in [0.15, 0.2) is 6.07 Å². The summed E-state index contributed by atoms with van der Waals surface area (Å²) in [6, 6.07) is 0.951. The molecule has 0 amide bonds. The van der Waals surface area contributed by atoms with Crippen LogP contribution in [0, 0.1) is 11.6 Å². The Balaban J connectivity index is 2.13. The van der Waals surface area contributed by atoms with E-state index in [0.29, 0.717) is 0 Å². The van der Waals surface area contributed by atoms with Crippen LogP contribution in [0.1, 0.15) is 12.8 Å². The summed E-state index contributed by atoms with van der Waals surface area (Å²) in [6.07, 6.45) is 2.06. The third-order valence-electron chi connectivity index (χ3n) is 2.57. The predicted molar refractivity (Wildman–Crippen MR) is 65.9 cm³/mol. The molecule has 0 saturated carbocycles. The SMILES string of the molecule is NNc1nc(NC2CCCSC2)c(F)cc1F. The van der Waals surface area contributed by atoms with Crippen molar-refractivity contribution in [2.75, 3.05) is 22.2 Å². The quantitative estimate of drug-likeness (QED) is 0.573. The van der Waals surface area contributed by atoms with Crippen LogP contribution in [-0.2, 0) is 0 Å². The monoisotopic (exact) mass is 260 g/mol. The maximum Gasteiger partial charge on any atom is 0.178 e. The minimum Gasteiger partial charge on any atom is -0.364 e. The Labute approximate surface area is 102 Å². The Morgan fingerprint density at radius 3 is 2.76 bits per heavy atom. The van der Waals surface area contributed by atoms with Gasteiger partial charge in [-0.05, 0) is 18.6 Å². The van der Waals surface area contributed by atoms with E-state index in [1.54, 1.807) is 0 Å². The van der Waals surface area contributed by atoms with Gasteiger partial charge in [0, 0.05) is 17.9 Å². The summed E-state index contributed by atoms with van der Waals surface area (Å²) in [5.41, 5.74) is 2.10. The van der Waals surface area contributed by atoms with Crippen LogP contribution in [0.3, 0.4) is 0 Å². The van der Waals surface area contributed by atoms with Gasteiger partial charge in [0.25, 0.3) is 0 Å². The summed E-state index contributed by atoms with van der Waals surface area (Å²) in [7, 11) is 0. The molecule has 4 nitrogen and oxygen atoms in total. The minimum atomic E-state index is -0.798. The maximum atomic E-state index is 13.5. The van der Waals surface area contributed by atoms with Crippen LogP contribution >= 0.6 is 11.8 Å². The molecule has 0 aromatic carbocycles. The van der Waals surface area contributed by atoms with E-state index in [2.05, 4.69) is 15.7 Å². The Morgan fingerprint density at radius 2 is 2.12 bits per heavy atom. The molecule has 2 rings (SSSR count). The van der Waals surface area contributed by atoms with Gasteiger partial charge in [-0.25, -0.2) is 19.6 Å². The van der Waals surface area contributed by atoms with Crippen molar-refractivity contribution in [1.29, 1.82) is 0 Å². The molecular weight excluding hydrogens is 246 g/mol. The zero-order valence-corrected chi connectivity index (χ0v) is 9.99. The number of hydrogen-bond donors (Lipinski definition) is 3. The van der Waals surface area contributed by atoms with Gasteiger partial charge in [-0.3, -0.25) is 0 Å². The third-order valence-corrected chi connectivity index (χ3v) is 3.78. The number of hydrogen-bond acceptors (Lipinski definition) is 5. The van der Waals surface area contributed by atoms with Crippen LogP contribution in [0.5, 0.6) is 0 Å². The molecule has 94 valence electrons. The third kappa shape index (κ3) is 2.98. The number of nitrogens with one attached hydrogen (secondary N) is 2. The summed E-state index contributed by atoms with van der Waals surface area (Å²) in [6.45, 7) is 0. The van der Waals surface area contributed by atoms with E-state index in [0.717, 1.165) is 30.4 Å². The second-order valence-electron chi connectivity index (χ2n) is 3.85. The number of hydrazine groups is 1. The average molecular weight is 260 g/mol. The van der Waals surface area contributed by atoms with E-state index in [4.69, 9.17) is 5.84 Å². The number of nitrogen functional groups attached to an aromatic ring is 1. The Hall–Kier alpha value is -1.08. The van der Waals surface area contributed by atoms with E-state index < -0.39 is 11.6 Å². The number of rotatable bonds is 3.